The van der Waals surface area contributed by atoms with Crippen molar-refractivity contribution < 1.29 is 4.74 Å². The monoisotopic (exact) mass is 265 g/mol. The normalized spacial score (nSPS) is 9.75. The predicted molar refractivity (Wildman–Crippen MR) is 82.6 cm³/mol. The largest absolute Gasteiger partial charge is 0.489 e. The highest BCUT2D eigenvalue weighted by Crippen LogP contribution is 2.15. The van der Waals surface area contributed by atoms with Crippen molar-refractivity contribution in [3.8, 4) is 17.6 Å². The molecule has 2 aromatic rings. The smallest absolute Gasteiger partial charge is 0.119 e. The minimum Gasteiger partial charge on any atom is -0.489 e. The summed E-state index contributed by atoms with van der Waals surface area (Å²) in [7, 11) is 0. The lowest BCUT2D eigenvalue weighted by Gasteiger charge is -2.08. The van der Waals surface area contributed by atoms with Crippen molar-refractivity contribution in [1.29, 1.82) is 0 Å². The lowest BCUT2D eigenvalue weighted by atomic mass is 10.1. The summed E-state index contributed by atoms with van der Waals surface area (Å²) in [5.41, 5.74) is 10.1. The van der Waals surface area contributed by atoms with Gasteiger partial charge in [0.2, 0.25) is 0 Å². The van der Waals surface area contributed by atoms with Crippen LogP contribution in [0.4, 0.5) is 0 Å². The molecule has 0 aromatic heterocycles. The van der Waals surface area contributed by atoms with Crippen molar-refractivity contribution in [2.45, 2.75) is 20.5 Å². The van der Waals surface area contributed by atoms with Gasteiger partial charge in [-0.15, -0.1) is 0 Å². The quantitative estimate of drug-likeness (QED) is 0.865. The van der Waals surface area contributed by atoms with E-state index >= 15 is 0 Å². The second-order valence-electron chi connectivity index (χ2n) is 4.74. The van der Waals surface area contributed by atoms with Crippen molar-refractivity contribution in [3.63, 3.8) is 0 Å². The summed E-state index contributed by atoms with van der Waals surface area (Å²) in [6.07, 6.45) is 0. The number of hydrogen-bond donors (Lipinski definition) is 1. The van der Waals surface area contributed by atoms with Gasteiger partial charge in [0.05, 0.1) is 6.54 Å². The van der Waals surface area contributed by atoms with Crippen LogP contribution < -0.4 is 10.5 Å². The van der Waals surface area contributed by atoms with Gasteiger partial charge in [-0.3, -0.25) is 0 Å². The van der Waals surface area contributed by atoms with E-state index in [0.717, 1.165) is 11.3 Å². The number of aryl methyl sites for hydroxylation is 2. The molecule has 0 aliphatic rings. The molecule has 0 heterocycles. The van der Waals surface area contributed by atoms with Crippen molar-refractivity contribution in [2.24, 2.45) is 5.73 Å². The molecule has 2 rings (SSSR count). The van der Waals surface area contributed by atoms with E-state index in [9.17, 15) is 0 Å². The predicted octanol–water partition coefficient (Wildman–Crippen LogP) is 3.19. The number of nitrogens with two attached hydrogens (primary N) is 1. The highest BCUT2D eigenvalue weighted by molar-refractivity contribution is 5.38. The molecule has 0 bridgehead atoms. The zero-order valence-corrected chi connectivity index (χ0v) is 11.9. The fourth-order valence-corrected chi connectivity index (χ4v) is 1.85. The van der Waals surface area contributed by atoms with Crippen LogP contribution in [0, 0.1) is 25.7 Å². The van der Waals surface area contributed by atoms with Crippen LogP contribution in [-0.2, 0) is 6.61 Å². The summed E-state index contributed by atoms with van der Waals surface area (Å²) >= 11 is 0. The minimum absolute atomic E-state index is 0.380. The second-order valence-corrected chi connectivity index (χ2v) is 4.74. The number of rotatable bonds is 3. The molecule has 2 N–H and O–H groups in total. The van der Waals surface area contributed by atoms with Crippen molar-refractivity contribution in [2.75, 3.05) is 6.54 Å². The lowest BCUT2D eigenvalue weighted by molar-refractivity contribution is 0.306. The summed E-state index contributed by atoms with van der Waals surface area (Å²) in [6.45, 7) is 5.19. The van der Waals surface area contributed by atoms with Gasteiger partial charge < -0.3 is 10.5 Å². The average molecular weight is 265 g/mol. The Kier molecular flexibility index (Phi) is 4.81. The van der Waals surface area contributed by atoms with Gasteiger partial charge in [-0.25, -0.2) is 0 Å². The Morgan fingerprint density at radius 1 is 1.00 bits per heavy atom. The Morgan fingerprint density at radius 3 is 2.40 bits per heavy atom. The number of ether oxygens (including phenoxy) is 1. The van der Waals surface area contributed by atoms with Gasteiger partial charge in [-0.1, -0.05) is 30.0 Å². The maximum absolute atomic E-state index is 5.77. The fraction of sp³-hybridized carbons (Fsp3) is 0.222. The van der Waals surface area contributed by atoms with E-state index in [1.165, 1.54) is 16.7 Å². The van der Waals surface area contributed by atoms with Crippen LogP contribution >= 0.6 is 0 Å². The molecule has 20 heavy (non-hydrogen) atoms. The van der Waals surface area contributed by atoms with E-state index in [0.29, 0.717) is 13.2 Å². The molecule has 2 aromatic carbocycles. The second kappa shape index (κ2) is 6.79. The molecular weight excluding hydrogens is 246 g/mol. The first-order valence-corrected chi connectivity index (χ1v) is 6.67. The van der Waals surface area contributed by atoms with Crippen LogP contribution in [0.3, 0.4) is 0 Å². The molecule has 2 heteroatoms. The van der Waals surface area contributed by atoms with E-state index in [2.05, 4.69) is 43.9 Å². The summed E-state index contributed by atoms with van der Waals surface area (Å²) in [5, 5.41) is 0. The Balaban J connectivity index is 1.98. The first kappa shape index (κ1) is 14.2. The Labute approximate surface area is 120 Å². The highest BCUT2D eigenvalue weighted by atomic mass is 16.5. The first-order chi connectivity index (χ1) is 9.69. The first-order valence-electron chi connectivity index (χ1n) is 6.67. The standard InChI is InChI=1S/C18H19NO/c1-14-5-6-17(12-15(14)2)13-20-18-9-7-16(8-10-18)4-3-11-19/h5-10,12H,11,13,19H2,1-2H3. The number of hydrogen-bond acceptors (Lipinski definition) is 2. The molecule has 2 nitrogen and oxygen atoms in total. The van der Waals surface area contributed by atoms with Gasteiger partial charge in [0, 0.05) is 5.56 Å². The topological polar surface area (TPSA) is 35.2 Å². The van der Waals surface area contributed by atoms with Gasteiger partial charge in [-0.2, -0.15) is 0 Å². The molecule has 0 radical (unpaired) electrons. The molecule has 0 saturated heterocycles. The Hall–Kier alpha value is -2.24. The molecule has 0 spiro atoms. The van der Waals surface area contributed by atoms with Crippen LogP contribution in [0.15, 0.2) is 42.5 Å². The van der Waals surface area contributed by atoms with E-state index < -0.39 is 0 Å². The SMILES string of the molecule is Cc1ccc(COc2ccc(C#CCN)cc2)cc1C. The Morgan fingerprint density at radius 2 is 1.75 bits per heavy atom. The van der Waals surface area contributed by atoms with Crippen LogP contribution in [-0.4, -0.2) is 6.54 Å². The maximum atomic E-state index is 5.77. The minimum atomic E-state index is 0.380. The van der Waals surface area contributed by atoms with E-state index in [-0.39, 0.29) is 0 Å². The molecule has 0 aliphatic carbocycles. The summed E-state index contributed by atoms with van der Waals surface area (Å²) < 4.78 is 5.77. The highest BCUT2D eigenvalue weighted by Gasteiger charge is 1.98. The lowest BCUT2D eigenvalue weighted by Crippen LogP contribution is -1.96. The molecular formula is C18H19NO. The summed E-state index contributed by atoms with van der Waals surface area (Å²) in [6, 6.07) is 14.1. The molecule has 0 unspecified atom stereocenters. The molecule has 0 saturated carbocycles. The third-order valence-corrected chi connectivity index (χ3v) is 3.17. The summed E-state index contributed by atoms with van der Waals surface area (Å²) in [4.78, 5) is 0. The average Bonchev–Trinajstić information content (AvgIpc) is 2.47. The maximum Gasteiger partial charge on any atom is 0.119 e. The number of benzene rings is 2. The van der Waals surface area contributed by atoms with Crippen LogP contribution in [0.5, 0.6) is 5.75 Å². The van der Waals surface area contributed by atoms with Crippen LogP contribution in [0.2, 0.25) is 0 Å². The third-order valence-electron chi connectivity index (χ3n) is 3.17. The Bertz CT molecular complexity index is 633. The zero-order valence-electron chi connectivity index (χ0n) is 11.9. The van der Waals surface area contributed by atoms with Crippen molar-refractivity contribution in [1.82, 2.24) is 0 Å². The van der Waals surface area contributed by atoms with E-state index in [1.807, 2.05) is 24.3 Å². The van der Waals surface area contributed by atoms with Gasteiger partial charge in [-0.05, 0) is 54.8 Å². The van der Waals surface area contributed by atoms with Gasteiger partial charge in [0.15, 0.2) is 0 Å². The molecule has 0 fully saturated rings. The molecule has 102 valence electrons. The van der Waals surface area contributed by atoms with Crippen LogP contribution in [0.1, 0.15) is 22.3 Å². The van der Waals surface area contributed by atoms with Gasteiger partial charge in [0.25, 0.3) is 0 Å². The van der Waals surface area contributed by atoms with Gasteiger partial charge in [0.1, 0.15) is 12.4 Å². The summed E-state index contributed by atoms with van der Waals surface area (Å²) in [5.74, 6) is 6.67. The third kappa shape index (κ3) is 3.88. The molecule has 0 aliphatic heterocycles. The molecule has 0 amide bonds. The van der Waals surface area contributed by atoms with Crippen LogP contribution in [0.25, 0.3) is 0 Å². The van der Waals surface area contributed by atoms with Crippen molar-refractivity contribution in [3.05, 3.63) is 64.7 Å². The van der Waals surface area contributed by atoms with E-state index in [4.69, 9.17) is 10.5 Å². The van der Waals surface area contributed by atoms with E-state index in [1.54, 1.807) is 0 Å². The zero-order chi connectivity index (χ0) is 14.4. The fourth-order valence-electron chi connectivity index (χ4n) is 1.85. The molecule has 0 atom stereocenters. The van der Waals surface area contributed by atoms with Gasteiger partial charge >= 0.3 is 0 Å². The van der Waals surface area contributed by atoms with Crippen molar-refractivity contribution >= 4 is 0 Å².